The predicted molar refractivity (Wildman–Crippen MR) is 77.9 cm³/mol. The van der Waals surface area contributed by atoms with Crippen molar-refractivity contribution in [2.24, 2.45) is 0 Å². The van der Waals surface area contributed by atoms with Crippen LogP contribution < -0.4 is 10.5 Å². The number of aromatic nitrogens is 4. The van der Waals surface area contributed by atoms with E-state index < -0.39 is 0 Å². The predicted octanol–water partition coefficient (Wildman–Crippen LogP) is 1.67. The van der Waals surface area contributed by atoms with Gasteiger partial charge in [0.25, 0.3) is 0 Å². The number of nitrogens with two attached hydrogens (primary N) is 1. The number of hydrogen-bond acceptors (Lipinski definition) is 6. The fraction of sp³-hybridized carbons (Fsp3) is 0.500. The Labute approximate surface area is 123 Å². The molecule has 0 radical (unpaired) electrons. The molecule has 1 heterocycles. The summed E-state index contributed by atoms with van der Waals surface area (Å²) in [6, 6.07) is 5.76. The summed E-state index contributed by atoms with van der Waals surface area (Å²) >= 11 is 0. The molecule has 2 unspecified atom stereocenters. The Morgan fingerprint density at radius 1 is 1.29 bits per heavy atom. The summed E-state index contributed by atoms with van der Waals surface area (Å²) in [5.41, 5.74) is 7.44. The van der Waals surface area contributed by atoms with Gasteiger partial charge in [-0.25, -0.2) is 4.68 Å². The maximum Gasteiger partial charge on any atom is 0.188 e. The van der Waals surface area contributed by atoms with E-state index in [4.69, 9.17) is 15.2 Å². The van der Waals surface area contributed by atoms with Crippen LogP contribution in [-0.2, 0) is 4.74 Å². The zero-order valence-electron chi connectivity index (χ0n) is 12.2. The van der Waals surface area contributed by atoms with Crippen LogP contribution in [0.1, 0.15) is 25.3 Å². The van der Waals surface area contributed by atoms with Crippen molar-refractivity contribution in [3.63, 3.8) is 0 Å². The van der Waals surface area contributed by atoms with E-state index >= 15 is 0 Å². The van der Waals surface area contributed by atoms with Gasteiger partial charge in [-0.3, -0.25) is 0 Å². The summed E-state index contributed by atoms with van der Waals surface area (Å²) in [5.74, 6) is 1.32. The van der Waals surface area contributed by atoms with Gasteiger partial charge in [0.05, 0.1) is 24.8 Å². The van der Waals surface area contributed by atoms with Gasteiger partial charge in [0.2, 0.25) is 0 Å². The molecule has 1 aromatic heterocycles. The van der Waals surface area contributed by atoms with Gasteiger partial charge in [0.1, 0.15) is 5.75 Å². The summed E-state index contributed by atoms with van der Waals surface area (Å²) in [7, 11) is 3.36. The fourth-order valence-electron chi connectivity index (χ4n) is 2.92. The molecule has 1 aromatic carbocycles. The van der Waals surface area contributed by atoms with Crippen LogP contribution in [0, 0.1) is 0 Å². The molecule has 2 N–H and O–H groups in total. The van der Waals surface area contributed by atoms with E-state index in [9.17, 15) is 0 Å². The molecule has 2 atom stereocenters. The Morgan fingerprint density at radius 3 is 2.86 bits per heavy atom. The smallest absolute Gasteiger partial charge is 0.188 e. The normalized spacial score (nSPS) is 21.6. The van der Waals surface area contributed by atoms with Crippen LogP contribution in [0.4, 0.5) is 5.69 Å². The minimum Gasteiger partial charge on any atom is -0.496 e. The molecule has 1 fully saturated rings. The molecule has 2 aromatic rings. The number of methoxy groups -OCH3 is 2. The summed E-state index contributed by atoms with van der Waals surface area (Å²) in [4.78, 5) is 0. The molecule has 0 bridgehead atoms. The lowest BCUT2D eigenvalue weighted by atomic mass is 10.1. The maximum absolute atomic E-state index is 6.10. The van der Waals surface area contributed by atoms with Crippen molar-refractivity contribution in [1.82, 2.24) is 20.2 Å². The van der Waals surface area contributed by atoms with Crippen molar-refractivity contribution in [1.29, 1.82) is 0 Å². The van der Waals surface area contributed by atoms with Gasteiger partial charge in [-0.2, -0.15) is 0 Å². The lowest BCUT2D eigenvalue weighted by Crippen LogP contribution is -2.12. The number of tetrazole rings is 1. The van der Waals surface area contributed by atoms with Crippen LogP contribution in [0.25, 0.3) is 11.4 Å². The lowest BCUT2D eigenvalue weighted by molar-refractivity contribution is 0.105. The van der Waals surface area contributed by atoms with Crippen molar-refractivity contribution in [3.8, 4) is 17.1 Å². The molecular formula is C14H19N5O2. The van der Waals surface area contributed by atoms with Crippen molar-refractivity contribution in [3.05, 3.63) is 18.2 Å². The van der Waals surface area contributed by atoms with E-state index in [0.717, 1.165) is 24.8 Å². The Balaban J connectivity index is 2.00. The minimum absolute atomic E-state index is 0.226. The van der Waals surface area contributed by atoms with Crippen molar-refractivity contribution >= 4 is 5.69 Å². The third-order valence-electron chi connectivity index (χ3n) is 4.03. The largest absolute Gasteiger partial charge is 0.496 e. The van der Waals surface area contributed by atoms with E-state index in [1.54, 1.807) is 14.2 Å². The maximum atomic E-state index is 6.10. The van der Waals surface area contributed by atoms with Crippen LogP contribution in [0.5, 0.6) is 5.75 Å². The molecule has 0 spiro atoms. The fourth-order valence-corrected chi connectivity index (χ4v) is 2.92. The average Bonchev–Trinajstić information content (AvgIpc) is 3.15. The van der Waals surface area contributed by atoms with Crippen LogP contribution >= 0.6 is 0 Å². The quantitative estimate of drug-likeness (QED) is 0.861. The molecular weight excluding hydrogens is 270 g/mol. The van der Waals surface area contributed by atoms with Crippen LogP contribution in [-0.4, -0.2) is 40.5 Å². The minimum atomic E-state index is 0.226. The summed E-state index contributed by atoms with van der Waals surface area (Å²) in [6.45, 7) is 0. The van der Waals surface area contributed by atoms with E-state index in [1.807, 2.05) is 22.9 Å². The number of benzene rings is 1. The van der Waals surface area contributed by atoms with Gasteiger partial charge in [-0.1, -0.05) is 6.07 Å². The topological polar surface area (TPSA) is 88.1 Å². The molecule has 7 nitrogen and oxygen atoms in total. The summed E-state index contributed by atoms with van der Waals surface area (Å²) in [5, 5.41) is 12.1. The summed E-state index contributed by atoms with van der Waals surface area (Å²) < 4.78 is 12.7. The SMILES string of the molecule is COc1cccc(N)c1-c1nnnn1C1CCC(OC)C1. The van der Waals surface area contributed by atoms with Gasteiger partial charge in [0, 0.05) is 12.8 Å². The van der Waals surface area contributed by atoms with Crippen LogP contribution in [0.15, 0.2) is 18.2 Å². The van der Waals surface area contributed by atoms with E-state index in [-0.39, 0.29) is 12.1 Å². The third-order valence-corrected chi connectivity index (χ3v) is 4.03. The number of rotatable bonds is 4. The van der Waals surface area contributed by atoms with Gasteiger partial charge in [-0.15, -0.1) is 5.10 Å². The molecule has 3 rings (SSSR count). The second-order valence-electron chi connectivity index (χ2n) is 5.20. The van der Waals surface area contributed by atoms with Crippen LogP contribution in [0.2, 0.25) is 0 Å². The van der Waals surface area contributed by atoms with Gasteiger partial charge in [0.15, 0.2) is 5.82 Å². The molecule has 1 aliphatic carbocycles. The third kappa shape index (κ3) is 2.44. The number of hydrogen-bond donors (Lipinski definition) is 1. The Morgan fingerprint density at radius 2 is 2.14 bits per heavy atom. The number of ether oxygens (including phenoxy) is 2. The first-order valence-corrected chi connectivity index (χ1v) is 6.98. The van der Waals surface area contributed by atoms with Crippen molar-refractivity contribution in [2.45, 2.75) is 31.4 Å². The Hall–Kier alpha value is -2.15. The Bertz CT molecular complexity index is 628. The van der Waals surface area contributed by atoms with E-state index in [1.165, 1.54) is 0 Å². The molecule has 0 saturated heterocycles. The highest BCUT2D eigenvalue weighted by Gasteiger charge is 2.30. The number of nitrogens with zero attached hydrogens (tertiary/aromatic N) is 4. The lowest BCUT2D eigenvalue weighted by Gasteiger charge is -2.15. The number of nitrogen functional groups attached to an aromatic ring is 1. The van der Waals surface area contributed by atoms with Gasteiger partial charge in [-0.05, 0) is 41.8 Å². The summed E-state index contributed by atoms with van der Waals surface area (Å²) in [6.07, 6.45) is 3.18. The molecule has 21 heavy (non-hydrogen) atoms. The highest BCUT2D eigenvalue weighted by atomic mass is 16.5. The molecule has 0 amide bonds. The molecule has 1 saturated carbocycles. The highest BCUT2D eigenvalue weighted by molar-refractivity contribution is 5.77. The second-order valence-corrected chi connectivity index (χ2v) is 5.20. The Kier molecular flexibility index (Phi) is 3.74. The van der Waals surface area contributed by atoms with Crippen molar-refractivity contribution in [2.75, 3.05) is 20.0 Å². The molecule has 1 aliphatic rings. The average molecular weight is 289 g/mol. The van der Waals surface area contributed by atoms with Gasteiger partial charge < -0.3 is 15.2 Å². The van der Waals surface area contributed by atoms with Gasteiger partial charge >= 0.3 is 0 Å². The van der Waals surface area contributed by atoms with E-state index in [2.05, 4.69) is 15.5 Å². The first-order chi connectivity index (χ1) is 10.2. The monoisotopic (exact) mass is 289 g/mol. The standard InChI is InChI=1S/C14H19N5O2/c1-20-10-7-6-9(8-10)19-14(16-17-18-19)13-11(15)4-3-5-12(13)21-2/h3-5,9-10H,6-8,15H2,1-2H3. The highest BCUT2D eigenvalue weighted by Crippen LogP contribution is 2.38. The molecule has 7 heteroatoms. The molecule has 112 valence electrons. The number of anilines is 1. The zero-order chi connectivity index (χ0) is 14.8. The van der Waals surface area contributed by atoms with Crippen LogP contribution in [0.3, 0.4) is 0 Å². The van der Waals surface area contributed by atoms with E-state index in [0.29, 0.717) is 17.3 Å². The zero-order valence-corrected chi connectivity index (χ0v) is 12.2. The first kappa shape index (κ1) is 13.8. The molecule has 0 aliphatic heterocycles. The first-order valence-electron chi connectivity index (χ1n) is 6.98. The van der Waals surface area contributed by atoms with Crippen molar-refractivity contribution < 1.29 is 9.47 Å². The second kappa shape index (κ2) is 5.69.